The van der Waals surface area contributed by atoms with Crippen molar-refractivity contribution in [2.24, 2.45) is 0 Å². The maximum Gasteiger partial charge on any atom is 0.453 e. The molecule has 3 nitrogen and oxygen atoms in total. The lowest BCUT2D eigenvalue weighted by Gasteiger charge is -2.37. The van der Waals surface area contributed by atoms with Gasteiger partial charge in [0.05, 0.1) is 0 Å². The van der Waals surface area contributed by atoms with Gasteiger partial charge in [-0.15, -0.1) is 6.58 Å². The second kappa shape index (κ2) is 6.83. The molecule has 0 aliphatic rings. The molecule has 12 heteroatoms. The molecule has 0 atom stereocenters. The van der Waals surface area contributed by atoms with Crippen LogP contribution in [-0.4, -0.2) is 44.2 Å². The number of hydrogen-bond donors (Lipinski definition) is 1. The van der Waals surface area contributed by atoms with Gasteiger partial charge in [0.2, 0.25) is 0 Å². The van der Waals surface area contributed by atoms with Crippen molar-refractivity contribution < 1.29 is 49.0 Å². The largest absolute Gasteiger partial charge is 0.453 e. The summed E-state index contributed by atoms with van der Waals surface area (Å²) in [5.74, 6) is -5.68. The van der Waals surface area contributed by atoms with E-state index in [-0.39, 0.29) is 6.54 Å². The van der Waals surface area contributed by atoms with E-state index in [1.165, 1.54) is 0 Å². The molecule has 0 aromatic heterocycles. The predicted molar refractivity (Wildman–Crippen MR) is 51.0 cm³/mol. The maximum atomic E-state index is 12.6. The molecule has 0 heterocycles. The standard InChI is InChI=1S/C9H10F9NO2/c1-2-3-19-5-20-7(8(13,14)15,9(16,17)18)21-6(11,12)4-10/h2,19H,1,3-5H2. The van der Waals surface area contributed by atoms with E-state index < -0.39 is 37.7 Å². The van der Waals surface area contributed by atoms with Crippen LogP contribution in [0, 0.1) is 0 Å². The van der Waals surface area contributed by atoms with E-state index in [0.717, 1.165) is 6.08 Å². The van der Waals surface area contributed by atoms with Crippen LogP contribution in [-0.2, 0) is 9.47 Å². The Labute approximate surface area is 112 Å². The first-order chi connectivity index (χ1) is 9.33. The first kappa shape index (κ1) is 20.0. The summed E-state index contributed by atoms with van der Waals surface area (Å²) in [7, 11) is 0. The fraction of sp³-hybridized carbons (Fsp3) is 0.778. The van der Waals surface area contributed by atoms with E-state index >= 15 is 0 Å². The first-order valence-corrected chi connectivity index (χ1v) is 5.06. The second-order valence-corrected chi connectivity index (χ2v) is 3.52. The van der Waals surface area contributed by atoms with E-state index in [2.05, 4.69) is 16.1 Å². The number of hydrogen-bond acceptors (Lipinski definition) is 3. The second-order valence-electron chi connectivity index (χ2n) is 3.52. The number of alkyl halides is 9. The molecule has 126 valence electrons. The number of rotatable bonds is 8. The first-order valence-electron chi connectivity index (χ1n) is 5.06. The summed E-state index contributed by atoms with van der Waals surface area (Å²) < 4.78 is 118. The van der Waals surface area contributed by atoms with Gasteiger partial charge in [0.1, 0.15) is 6.73 Å². The molecule has 0 aliphatic heterocycles. The Bertz CT molecular complexity index is 325. The monoisotopic (exact) mass is 335 g/mol. The quantitative estimate of drug-likeness (QED) is 0.320. The smallest absolute Gasteiger partial charge is 0.320 e. The number of ether oxygens (including phenoxy) is 2. The average molecular weight is 335 g/mol. The lowest BCUT2D eigenvalue weighted by molar-refractivity contribution is -0.513. The predicted octanol–water partition coefficient (Wildman–Crippen LogP) is 3.14. The zero-order chi connectivity index (χ0) is 16.9. The fourth-order valence-electron chi connectivity index (χ4n) is 1.02. The van der Waals surface area contributed by atoms with E-state index in [0.29, 0.717) is 0 Å². The van der Waals surface area contributed by atoms with Crippen molar-refractivity contribution in [3.8, 4) is 0 Å². The Kier molecular flexibility index (Phi) is 6.50. The molecule has 0 saturated carbocycles. The average Bonchev–Trinajstić information content (AvgIpc) is 2.30. The molecule has 0 aromatic rings. The summed E-state index contributed by atoms with van der Waals surface area (Å²) >= 11 is 0. The molecule has 21 heavy (non-hydrogen) atoms. The third-order valence-electron chi connectivity index (χ3n) is 1.86. The Morgan fingerprint density at radius 1 is 0.952 bits per heavy atom. The highest BCUT2D eigenvalue weighted by atomic mass is 19.4. The maximum absolute atomic E-state index is 12.6. The van der Waals surface area contributed by atoms with E-state index in [4.69, 9.17) is 0 Å². The van der Waals surface area contributed by atoms with Gasteiger partial charge in [-0.25, -0.2) is 4.39 Å². The van der Waals surface area contributed by atoms with Crippen LogP contribution in [0.5, 0.6) is 0 Å². The molecule has 0 rings (SSSR count). The molecule has 0 aliphatic carbocycles. The molecule has 0 aromatic carbocycles. The van der Waals surface area contributed by atoms with Crippen molar-refractivity contribution in [2.45, 2.75) is 24.2 Å². The molecule has 0 spiro atoms. The summed E-state index contributed by atoms with van der Waals surface area (Å²) in [6, 6.07) is 0. The van der Waals surface area contributed by atoms with Crippen LogP contribution in [0.1, 0.15) is 0 Å². The summed E-state index contributed by atoms with van der Waals surface area (Å²) in [5.41, 5.74) is 0. The van der Waals surface area contributed by atoms with Gasteiger partial charge in [-0.2, -0.15) is 35.1 Å². The Hall–Kier alpha value is -1.01. The van der Waals surface area contributed by atoms with Crippen molar-refractivity contribution in [3.63, 3.8) is 0 Å². The Balaban J connectivity index is 5.51. The van der Waals surface area contributed by atoms with Crippen LogP contribution >= 0.6 is 0 Å². The van der Waals surface area contributed by atoms with Crippen molar-refractivity contribution >= 4 is 0 Å². The minimum Gasteiger partial charge on any atom is -0.320 e. The van der Waals surface area contributed by atoms with Crippen molar-refractivity contribution in [1.29, 1.82) is 0 Å². The summed E-state index contributed by atoms with van der Waals surface area (Å²) in [6.45, 7) is -1.52. The Morgan fingerprint density at radius 2 is 1.43 bits per heavy atom. The minimum absolute atomic E-state index is 0.273. The van der Waals surface area contributed by atoms with Crippen LogP contribution in [0.15, 0.2) is 12.7 Å². The van der Waals surface area contributed by atoms with Crippen LogP contribution in [0.25, 0.3) is 0 Å². The van der Waals surface area contributed by atoms with Crippen LogP contribution < -0.4 is 5.32 Å². The molecule has 0 amide bonds. The topological polar surface area (TPSA) is 30.5 Å². The highest BCUT2D eigenvalue weighted by Crippen LogP contribution is 2.49. The minimum atomic E-state index is -6.43. The molecule has 0 bridgehead atoms. The van der Waals surface area contributed by atoms with Crippen molar-refractivity contribution in [3.05, 3.63) is 12.7 Å². The highest BCUT2D eigenvalue weighted by molar-refractivity contribution is 4.89. The zero-order valence-electron chi connectivity index (χ0n) is 10.1. The lowest BCUT2D eigenvalue weighted by atomic mass is 10.2. The van der Waals surface area contributed by atoms with E-state index in [9.17, 15) is 39.5 Å². The fourth-order valence-corrected chi connectivity index (χ4v) is 1.02. The summed E-state index contributed by atoms with van der Waals surface area (Å²) in [5, 5.41) is 1.88. The summed E-state index contributed by atoms with van der Waals surface area (Å²) in [6.07, 6.45) is -17.1. The SMILES string of the molecule is C=CCNCOC(OC(F)(F)CF)(C(F)(F)F)C(F)(F)F. The molecule has 0 radical (unpaired) electrons. The normalized spacial score (nSPS) is 14.3. The van der Waals surface area contributed by atoms with Gasteiger partial charge in [-0.1, -0.05) is 6.08 Å². The van der Waals surface area contributed by atoms with Crippen LogP contribution in [0.2, 0.25) is 0 Å². The highest BCUT2D eigenvalue weighted by Gasteiger charge is 2.77. The van der Waals surface area contributed by atoms with Crippen molar-refractivity contribution in [1.82, 2.24) is 5.32 Å². The van der Waals surface area contributed by atoms with E-state index in [1.54, 1.807) is 0 Å². The van der Waals surface area contributed by atoms with Crippen molar-refractivity contribution in [2.75, 3.05) is 20.0 Å². The molecule has 0 fully saturated rings. The van der Waals surface area contributed by atoms with Gasteiger partial charge in [-0.05, 0) is 0 Å². The number of nitrogens with one attached hydrogen (secondary N) is 1. The molecule has 1 N–H and O–H groups in total. The van der Waals surface area contributed by atoms with Crippen LogP contribution in [0.3, 0.4) is 0 Å². The molecule has 0 unspecified atom stereocenters. The number of halogens is 9. The molecular formula is C9H10F9NO2. The van der Waals surface area contributed by atoms with Gasteiger partial charge < -0.3 is 4.74 Å². The summed E-state index contributed by atoms with van der Waals surface area (Å²) in [4.78, 5) is 0. The van der Waals surface area contributed by atoms with Gasteiger partial charge in [-0.3, -0.25) is 10.1 Å². The molecular weight excluding hydrogens is 325 g/mol. The Morgan fingerprint density at radius 3 is 1.76 bits per heavy atom. The zero-order valence-corrected chi connectivity index (χ0v) is 10.1. The third-order valence-corrected chi connectivity index (χ3v) is 1.86. The lowest BCUT2D eigenvalue weighted by Crippen LogP contribution is -2.64. The van der Waals surface area contributed by atoms with Gasteiger partial charge in [0.25, 0.3) is 0 Å². The van der Waals surface area contributed by atoms with Gasteiger partial charge >= 0.3 is 24.2 Å². The van der Waals surface area contributed by atoms with Crippen LogP contribution in [0.4, 0.5) is 39.5 Å². The van der Waals surface area contributed by atoms with E-state index in [1.807, 2.05) is 5.32 Å². The third kappa shape index (κ3) is 5.04. The van der Waals surface area contributed by atoms with Gasteiger partial charge in [0.15, 0.2) is 6.67 Å². The van der Waals surface area contributed by atoms with Gasteiger partial charge in [0, 0.05) is 6.54 Å². The molecule has 0 saturated heterocycles.